The van der Waals surface area contributed by atoms with Gasteiger partial charge in [0.15, 0.2) is 0 Å². The van der Waals surface area contributed by atoms with Gasteiger partial charge < -0.3 is 19.3 Å². The Bertz CT molecular complexity index is 681. The summed E-state index contributed by atoms with van der Waals surface area (Å²) in [5, 5.41) is 9.53. The van der Waals surface area contributed by atoms with E-state index in [1.807, 2.05) is 0 Å². The predicted molar refractivity (Wildman–Crippen MR) is 84.9 cm³/mol. The van der Waals surface area contributed by atoms with Gasteiger partial charge in [0, 0.05) is 11.6 Å². The Labute approximate surface area is 147 Å². The molecule has 142 valence electrons. The Hall–Kier alpha value is -2.81. The zero-order valence-electron chi connectivity index (χ0n) is 13.8. The average molecular weight is 374 g/mol. The molecule has 0 spiro atoms. The Kier molecular flexibility index (Phi) is 7.85. The lowest BCUT2D eigenvalue weighted by Crippen LogP contribution is -2.25. The van der Waals surface area contributed by atoms with Crippen LogP contribution in [0.3, 0.4) is 0 Å². The topological polar surface area (TPSA) is 82.1 Å². The predicted octanol–water partition coefficient (Wildman–Crippen LogP) is 2.62. The molecule has 1 unspecified atom stereocenters. The van der Waals surface area contributed by atoms with Gasteiger partial charge in [-0.15, -0.1) is 13.2 Å². The summed E-state index contributed by atoms with van der Waals surface area (Å²) in [6.07, 6.45) is -3.84. The molecule has 9 heteroatoms. The molecule has 1 aromatic rings. The smallest absolute Gasteiger partial charge is 0.460 e. The zero-order valence-corrected chi connectivity index (χ0v) is 13.8. The van der Waals surface area contributed by atoms with Crippen LogP contribution in [-0.4, -0.2) is 42.7 Å². The molecule has 6 nitrogen and oxygen atoms in total. The summed E-state index contributed by atoms with van der Waals surface area (Å²) in [6.45, 7) is 4.00. The van der Waals surface area contributed by atoms with E-state index in [0.717, 1.165) is 18.2 Å². The molecule has 0 aliphatic heterocycles. The number of carbonyl (C=O) groups excluding carboxylic acids is 2. The van der Waals surface area contributed by atoms with Crippen molar-refractivity contribution in [2.45, 2.75) is 19.4 Å². The molecule has 1 aromatic carbocycles. The van der Waals surface area contributed by atoms with Crippen molar-refractivity contribution in [2.75, 3.05) is 13.2 Å². The van der Waals surface area contributed by atoms with Gasteiger partial charge in [-0.05, 0) is 30.7 Å². The lowest BCUT2D eigenvalue weighted by atomic mass is 10.2. The molecule has 0 aliphatic rings. The van der Waals surface area contributed by atoms with Gasteiger partial charge in [0.1, 0.15) is 25.1 Å². The molecule has 0 amide bonds. The molecule has 0 aromatic heterocycles. The van der Waals surface area contributed by atoms with E-state index in [2.05, 4.69) is 16.1 Å². The fourth-order valence-electron chi connectivity index (χ4n) is 1.55. The molecule has 0 fully saturated rings. The van der Waals surface area contributed by atoms with E-state index in [1.54, 1.807) is 0 Å². The van der Waals surface area contributed by atoms with Crippen molar-refractivity contribution in [2.24, 2.45) is 0 Å². The van der Waals surface area contributed by atoms with Crippen molar-refractivity contribution in [3.63, 3.8) is 0 Å². The first kappa shape index (κ1) is 21.2. The molecule has 0 saturated heterocycles. The van der Waals surface area contributed by atoms with E-state index in [-0.39, 0.29) is 17.7 Å². The molecular formula is C17H17F3O6. The normalized spacial score (nSPS) is 12.5. The standard InChI is InChI=1S/C17H17F3O6/c1-11(2)16(23)25-10-13(21)9-24-15(22)7-6-12-4-3-5-14(8-12)26-17(18,19)20/h3-8,13,21H,1,9-10H2,2H3/b7-6+. The molecule has 1 rings (SSSR count). The SMILES string of the molecule is C=C(C)C(=O)OCC(O)COC(=O)/C=C/c1cccc(OC(F)(F)F)c1. The summed E-state index contributed by atoms with van der Waals surface area (Å²) >= 11 is 0. The van der Waals surface area contributed by atoms with Crippen LogP contribution in [0, 0.1) is 0 Å². The number of halogens is 3. The van der Waals surface area contributed by atoms with Crippen LogP contribution in [0.2, 0.25) is 0 Å². The van der Waals surface area contributed by atoms with E-state index in [9.17, 15) is 27.9 Å². The van der Waals surface area contributed by atoms with Gasteiger partial charge in [0.05, 0.1) is 0 Å². The number of aliphatic hydroxyl groups is 1. The van der Waals surface area contributed by atoms with E-state index in [4.69, 9.17) is 4.74 Å². The van der Waals surface area contributed by atoms with E-state index in [0.29, 0.717) is 0 Å². The van der Waals surface area contributed by atoms with Crippen LogP contribution in [0.1, 0.15) is 12.5 Å². The largest absolute Gasteiger partial charge is 0.573 e. The van der Waals surface area contributed by atoms with Crippen molar-refractivity contribution in [3.05, 3.63) is 48.1 Å². The number of aliphatic hydroxyl groups excluding tert-OH is 1. The van der Waals surface area contributed by atoms with Crippen LogP contribution in [-0.2, 0) is 19.1 Å². The van der Waals surface area contributed by atoms with Crippen molar-refractivity contribution in [3.8, 4) is 5.75 Å². The molecule has 0 bridgehead atoms. The van der Waals surface area contributed by atoms with Crippen molar-refractivity contribution >= 4 is 18.0 Å². The van der Waals surface area contributed by atoms with Crippen molar-refractivity contribution < 1.29 is 42.1 Å². The first-order valence-corrected chi connectivity index (χ1v) is 7.28. The summed E-state index contributed by atoms with van der Waals surface area (Å²) < 4.78 is 49.6. The Morgan fingerprint density at radius 2 is 1.92 bits per heavy atom. The highest BCUT2D eigenvalue weighted by Gasteiger charge is 2.31. The van der Waals surface area contributed by atoms with Crippen LogP contribution in [0.15, 0.2) is 42.5 Å². The third-order valence-corrected chi connectivity index (χ3v) is 2.68. The van der Waals surface area contributed by atoms with E-state index >= 15 is 0 Å². The lowest BCUT2D eigenvalue weighted by Gasteiger charge is -2.11. The summed E-state index contributed by atoms with van der Waals surface area (Å²) in [5.74, 6) is -1.95. The van der Waals surface area contributed by atoms with E-state index < -0.39 is 36.8 Å². The number of hydrogen-bond acceptors (Lipinski definition) is 6. The van der Waals surface area contributed by atoms with Gasteiger partial charge in [0.2, 0.25) is 0 Å². The average Bonchev–Trinajstić information content (AvgIpc) is 2.54. The number of carbonyl (C=O) groups is 2. The molecule has 1 N–H and O–H groups in total. The number of ether oxygens (including phenoxy) is 3. The first-order chi connectivity index (χ1) is 12.1. The first-order valence-electron chi connectivity index (χ1n) is 7.28. The number of hydrogen-bond donors (Lipinski definition) is 1. The molecule has 1 atom stereocenters. The molecule has 26 heavy (non-hydrogen) atoms. The third kappa shape index (κ3) is 8.88. The second-order valence-corrected chi connectivity index (χ2v) is 5.12. The number of esters is 2. The fourth-order valence-corrected chi connectivity index (χ4v) is 1.55. The van der Waals surface area contributed by atoms with Gasteiger partial charge in [0.25, 0.3) is 0 Å². The zero-order chi connectivity index (χ0) is 19.7. The van der Waals surface area contributed by atoms with Crippen molar-refractivity contribution in [1.29, 1.82) is 0 Å². The van der Waals surface area contributed by atoms with Gasteiger partial charge in [-0.3, -0.25) is 0 Å². The molecule has 0 saturated carbocycles. The Morgan fingerprint density at radius 1 is 1.27 bits per heavy atom. The van der Waals surface area contributed by atoms with Crippen LogP contribution in [0.25, 0.3) is 6.08 Å². The minimum atomic E-state index is -4.81. The number of alkyl halides is 3. The lowest BCUT2D eigenvalue weighted by molar-refractivity contribution is -0.274. The monoisotopic (exact) mass is 374 g/mol. The van der Waals surface area contributed by atoms with Crippen LogP contribution in [0.5, 0.6) is 5.75 Å². The summed E-state index contributed by atoms with van der Waals surface area (Å²) in [4.78, 5) is 22.7. The highest BCUT2D eigenvalue weighted by molar-refractivity contribution is 5.87. The molecule has 0 aliphatic carbocycles. The molecule has 0 heterocycles. The summed E-state index contributed by atoms with van der Waals surface area (Å²) in [5.41, 5.74) is 0.438. The molecular weight excluding hydrogens is 357 g/mol. The summed E-state index contributed by atoms with van der Waals surface area (Å²) in [7, 11) is 0. The fraction of sp³-hybridized carbons (Fsp3) is 0.294. The van der Waals surface area contributed by atoms with Gasteiger partial charge >= 0.3 is 18.3 Å². The van der Waals surface area contributed by atoms with Crippen LogP contribution in [0.4, 0.5) is 13.2 Å². The number of benzene rings is 1. The van der Waals surface area contributed by atoms with Crippen LogP contribution < -0.4 is 4.74 Å². The maximum absolute atomic E-state index is 12.1. The van der Waals surface area contributed by atoms with E-state index in [1.165, 1.54) is 25.1 Å². The maximum Gasteiger partial charge on any atom is 0.573 e. The van der Waals surface area contributed by atoms with Gasteiger partial charge in [-0.1, -0.05) is 18.7 Å². The quantitative estimate of drug-likeness (QED) is 0.556. The third-order valence-electron chi connectivity index (χ3n) is 2.68. The van der Waals surface area contributed by atoms with Gasteiger partial charge in [-0.25, -0.2) is 9.59 Å². The Balaban J connectivity index is 2.46. The van der Waals surface area contributed by atoms with Crippen molar-refractivity contribution in [1.82, 2.24) is 0 Å². The number of rotatable bonds is 8. The Morgan fingerprint density at radius 3 is 2.54 bits per heavy atom. The van der Waals surface area contributed by atoms with Crippen LogP contribution >= 0.6 is 0 Å². The maximum atomic E-state index is 12.1. The highest BCUT2D eigenvalue weighted by Crippen LogP contribution is 2.23. The minimum absolute atomic E-state index is 0.161. The molecule has 0 radical (unpaired) electrons. The second-order valence-electron chi connectivity index (χ2n) is 5.12. The second kappa shape index (κ2) is 9.62. The minimum Gasteiger partial charge on any atom is -0.460 e. The van der Waals surface area contributed by atoms with Gasteiger partial charge in [-0.2, -0.15) is 0 Å². The highest BCUT2D eigenvalue weighted by atomic mass is 19.4. The summed E-state index contributed by atoms with van der Waals surface area (Å²) in [6, 6.07) is 4.99.